The van der Waals surface area contributed by atoms with Crippen molar-refractivity contribution in [1.29, 1.82) is 0 Å². The number of halogens is 3. The SMILES string of the molecule is CNC(=O)c1ccccc1Nc1cc(Nc2ccc(N3CCC(N(C)Cc4ccncc4N4CCC(=O)NC4=O)CC3)cc2OC)ncc1C(F)(F)F. The van der Waals surface area contributed by atoms with Gasteiger partial charge in [-0.25, -0.2) is 9.78 Å². The first kappa shape index (κ1) is 36.9. The fraction of sp³-hybridized carbons (Fsp3) is 0.324. The molecule has 2 fully saturated rings. The molecule has 16 heteroatoms. The van der Waals surface area contributed by atoms with E-state index in [4.69, 9.17) is 4.74 Å². The number of piperidine rings is 1. The number of pyridine rings is 2. The van der Waals surface area contributed by atoms with Gasteiger partial charge in [0.2, 0.25) is 5.91 Å². The van der Waals surface area contributed by atoms with E-state index in [1.54, 1.807) is 35.5 Å². The number of nitrogens with one attached hydrogen (secondary N) is 4. The van der Waals surface area contributed by atoms with E-state index in [1.165, 1.54) is 32.4 Å². The molecule has 4 aromatic rings. The normalized spacial score (nSPS) is 15.3. The molecule has 4 heterocycles. The summed E-state index contributed by atoms with van der Waals surface area (Å²) in [7, 11) is 5.03. The molecule has 2 aromatic heterocycles. The van der Waals surface area contributed by atoms with Gasteiger partial charge in [0.05, 0.1) is 47.2 Å². The van der Waals surface area contributed by atoms with Gasteiger partial charge in [0.15, 0.2) is 0 Å². The predicted octanol–water partition coefficient (Wildman–Crippen LogP) is 5.90. The first-order chi connectivity index (χ1) is 25.4. The highest BCUT2D eigenvalue weighted by Crippen LogP contribution is 2.39. The maximum absolute atomic E-state index is 14.0. The van der Waals surface area contributed by atoms with Crippen LogP contribution in [0.1, 0.15) is 40.7 Å². The lowest BCUT2D eigenvalue weighted by atomic mass is 10.0. The Morgan fingerprint density at radius 1 is 1.00 bits per heavy atom. The van der Waals surface area contributed by atoms with Gasteiger partial charge in [0, 0.05) is 75.9 Å². The van der Waals surface area contributed by atoms with Crippen molar-refractivity contribution in [2.45, 2.75) is 38.0 Å². The fourth-order valence-electron chi connectivity index (χ4n) is 6.59. The number of rotatable bonds is 11. The second-order valence-electron chi connectivity index (χ2n) is 12.8. The summed E-state index contributed by atoms with van der Waals surface area (Å²) >= 11 is 0. The zero-order valence-electron chi connectivity index (χ0n) is 29.5. The van der Waals surface area contributed by atoms with Crippen molar-refractivity contribution in [3.05, 3.63) is 89.9 Å². The van der Waals surface area contributed by atoms with Crippen LogP contribution in [0, 0.1) is 0 Å². The zero-order valence-corrected chi connectivity index (χ0v) is 29.5. The molecular weight excluding hydrogens is 691 g/mol. The summed E-state index contributed by atoms with van der Waals surface area (Å²) in [6, 6.07) is 14.9. The van der Waals surface area contributed by atoms with E-state index in [-0.39, 0.29) is 41.1 Å². The van der Waals surface area contributed by atoms with Gasteiger partial charge in [-0.1, -0.05) is 12.1 Å². The largest absolute Gasteiger partial charge is 0.494 e. The van der Waals surface area contributed by atoms with E-state index in [9.17, 15) is 27.6 Å². The lowest BCUT2D eigenvalue weighted by Crippen LogP contribution is -2.50. The van der Waals surface area contributed by atoms with Crippen molar-refractivity contribution in [2.75, 3.05) is 61.3 Å². The standard InChI is InChI=1S/C37H40F3N9O4/c1-41-35(51)26-6-4-5-7-28(26)44-30-19-33(43-20-27(30)37(38,39)40)45-29-9-8-25(18-32(29)53-3)48-15-11-24(12-16-48)47(2)22-23-10-14-42-21-31(23)49-17-13-34(50)46-36(49)52/h4-10,14,18-21,24H,11-13,15-17,22H2,1-3H3,(H,41,51)(H2,43,44,45)(H,46,50,52). The molecule has 278 valence electrons. The monoisotopic (exact) mass is 731 g/mol. The molecule has 13 nitrogen and oxygen atoms in total. The lowest BCUT2D eigenvalue weighted by molar-refractivity contribution is -0.137. The van der Waals surface area contributed by atoms with Crippen LogP contribution < -0.4 is 35.8 Å². The Balaban J connectivity index is 1.12. The molecule has 0 radical (unpaired) electrons. The van der Waals surface area contributed by atoms with Crippen LogP contribution in [0.3, 0.4) is 0 Å². The average Bonchev–Trinajstić information content (AvgIpc) is 3.15. The third-order valence-corrected chi connectivity index (χ3v) is 9.43. The molecule has 0 atom stereocenters. The molecule has 53 heavy (non-hydrogen) atoms. The number of urea groups is 1. The van der Waals surface area contributed by atoms with Crippen LogP contribution in [-0.4, -0.2) is 79.6 Å². The molecule has 0 bridgehead atoms. The predicted molar refractivity (Wildman–Crippen MR) is 195 cm³/mol. The van der Waals surface area contributed by atoms with Crippen LogP contribution in [0.25, 0.3) is 0 Å². The number of hydrogen-bond donors (Lipinski definition) is 4. The first-order valence-electron chi connectivity index (χ1n) is 17.0. The summed E-state index contributed by atoms with van der Waals surface area (Å²) in [5, 5.41) is 10.7. The van der Waals surface area contributed by atoms with Crippen LogP contribution in [0.2, 0.25) is 0 Å². The highest BCUT2D eigenvalue weighted by molar-refractivity contribution is 6.05. The number of alkyl halides is 3. The van der Waals surface area contributed by atoms with Crippen molar-refractivity contribution in [2.24, 2.45) is 0 Å². The molecule has 4 N–H and O–H groups in total. The number of amides is 4. The first-order valence-corrected chi connectivity index (χ1v) is 17.0. The van der Waals surface area contributed by atoms with Crippen LogP contribution in [0.15, 0.2) is 73.2 Å². The van der Waals surface area contributed by atoms with Crippen molar-refractivity contribution < 1.29 is 32.3 Å². The number of nitrogens with zero attached hydrogens (tertiary/aromatic N) is 5. The second-order valence-corrected chi connectivity index (χ2v) is 12.8. The molecule has 0 saturated carbocycles. The van der Waals surface area contributed by atoms with Crippen molar-refractivity contribution in [1.82, 2.24) is 25.5 Å². The number of benzene rings is 2. The Labute approximate surface area is 304 Å². The van der Waals surface area contributed by atoms with Gasteiger partial charge in [-0.2, -0.15) is 13.2 Å². The second kappa shape index (κ2) is 15.8. The number of hydrogen-bond acceptors (Lipinski definition) is 10. The summed E-state index contributed by atoms with van der Waals surface area (Å²) in [5.41, 5.74) is 2.21. The van der Waals surface area contributed by atoms with Crippen molar-refractivity contribution in [3.63, 3.8) is 0 Å². The number of aromatic nitrogens is 2. The molecule has 0 unspecified atom stereocenters. The minimum Gasteiger partial charge on any atom is -0.494 e. The maximum atomic E-state index is 14.0. The zero-order chi connectivity index (χ0) is 37.7. The highest BCUT2D eigenvalue weighted by atomic mass is 19.4. The number of carbonyl (C=O) groups excluding carboxylic acids is 3. The van der Waals surface area contributed by atoms with E-state index < -0.39 is 23.7 Å². The van der Waals surface area contributed by atoms with Crippen LogP contribution in [0.5, 0.6) is 5.75 Å². The highest BCUT2D eigenvalue weighted by Gasteiger charge is 2.35. The molecule has 2 aromatic carbocycles. The van der Waals surface area contributed by atoms with Gasteiger partial charge >= 0.3 is 12.2 Å². The quantitative estimate of drug-likeness (QED) is 0.147. The van der Waals surface area contributed by atoms with E-state index in [0.29, 0.717) is 30.2 Å². The fourth-order valence-corrected chi connectivity index (χ4v) is 6.59. The van der Waals surface area contributed by atoms with Gasteiger partial charge in [-0.05, 0) is 55.8 Å². The Bertz CT molecular complexity index is 1990. The number of methoxy groups -OCH3 is 1. The molecule has 2 aliphatic rings. The summed E-state index contributed by atoms with van der Waals surface area (Å²) in [6.07, 6.45) is 1.40. The van der Waals surface area contributed by atoms with Crippen LogP contribution >= 0.6 is 0 Å². The number of anilines is 6. The topological polar surface area (TPSA) is 144 Å². The van der Waals surface area contributed by atoms with E-state index in [2.05, 4.69) is 48.1 Å². The Hall–Kier alpha value is -5.90. The number of carbonyl (C=O) groups is 3. The number of imide groups is 1. The van der Waals surface area contributed by atoms with E-state index in [1.807, 2.05) is 18.2 Å². The smallest absolute Gasteiger partial charge is 0.419 e. The van der Waals surface area contributed by atoms with Gasteiger partial charge in [-0.3, -0.25) is 29.7 Å². The van der Waals surface area contributed by atoms with Crippen LogP contribution in [-0.2, 0) is 17.5 Å². The molecule has 0 aliphatic carbocycles. The Kier molecular flexibility index (Phi) is 11.0. The van der Waals surface area contributed by atoms with E-state index >= 15 is 0 Å². The molecule has 4 amide bonds. The third kappa shape index (κ3) is 8.43. The van der Waals surface area contributed by atoms with Gasteiger partial charge in [0.1, 0.15) is 11.6 Å². The lowest BCUT2D eigenvalue weighted by Gasteiger charge is -2.38. The molecule has 0 spiro atoms. The van der Waals surface area contributed by atoms with Crippen molar-refractivity contribution in [3.8, 4) is 5.75 Å². The molecule has 2 aliphatic heterocycles. The third-order valence-electron chi connectivity index (χ3n) is 9.43. The Morgan fingerprint density at radius 2 is 1.77 bits per heavy atom. The van der Waals surface area contributed by atoms with Crippen molar-refractivity contribution >= 4 is 52.1 Å². The summed E-state index contributed by atoms with van der Waals surface area (Å²) in [5.74, 6) is -0.111. The average molecular weight is 732 g/mol. The minimum atomic E-state index is -4.70. The maximum Gasteiger partial charge on any atom is 0.419 e. The number of ether oxygens (including phenoxy) is 1. The summed E-state index contributed by atoms with van der Waals surface area (Å²) < 4.78 is 47.7. The molecular formula is C37H40F3N9O4. The minimum absolute atomic E-state index is 0.139. The molecule has 2 saturated heterocycles. The number of para-hydroxylation sites is 1. The summed E-state index contributed by atoms with van der Waals surface area (Å²) in [6.45, 7) is 2.46. The molecule has 6 rings (SSSR count). The van der Waals surface area contributed by atoms with Gasteiger partial charge < -0.3 is 25.6 Å². The van der Waals surface area contributed by atoms with E-state index in [0.717, 1.165) is 43.4 Å². The summed E-state index contributed by atoms with van der Waals surface area (Å²) in [4.78, 5) is 50.9. The Morgan fingerprint density at radius 3 is 2.49 bits per heavy atom. The van der Waals surface area contributed by atoms with Gasteiger partial charge in [-0.15, -0.1) is 0 Å². The van der Waals surface area contributed by atoms with Gasteiger partial charge in [0.25, 0.3) is 5.91 Å². The van der Waals surface area contributed by atoms with Crippen LogP contribution in [0.4, 0.5) is 52.2 Å².